The molecule has 0 saturated carbocycles. The minimum Gasteiger partial charge on any atom is -0.472 e. The van der Waals surface area contributed by atoms with E-state index in [0.717, 1.165) is 31.5 Å². The minimum atomic E-state index is -0.250. The summed E-state index contributed by atoms with van der Waals surface area (Å²) in [6, 6.07) is 3.67. The van der Waals surface area contributed by atoms with E-state index in [1.54, 1.807) is 35.2 Å². The number of nitrogens with zero attached hydrogens (tertiary/aromatic N) is 2. The van der Waals surface area contributed by atoms with Crippen molar-refractivity contribution in [2.24, 2.45) is 5.92 Å². The van der Waals surface area contributed by atoms with Crippen LogP contribution in [0.15, 0.2) is 40.1 Å². The topological polar surface area (TPSA) is 67.5 Å². The van der Waals surface area contributed by atoms with Crippen molar-refractivity contribution < 1.29 is 9.21 Å². The first-order valence-electron chi connectivity index (χ1n) is 8.73. The molecule has 0 radical (unpaired) electrons. The molecule has 1 aliphatic rings. The van der Waals surface area contributed by atoms with Crippen molar-refractivity contribution in [3.05, 3.63) is 57.9 Å². The van der Waals surface area contributed by atoms with Gasteiger partial charge in [0.2, 0.25) is 0 Å². The number of carbonyl (C=O) groups is 1. The Labute approximate surface area is 147 Å². The summed E-state index contributed by atoms with van der Waals surface area (Å²) in [4.78, 5) is 27.3. The van der Waals surface area contributed by atoms with Crippen LogP contribution in [0.5, 0.6) is 0 Å². The van der Waals surface area contributed by atoms with Crippen LogP contribution in [0.3, 0.4) is 0 Å². The van der Waals surface area contributed by atoms with E-state index >= 15 is 0 Å². The zero-order chi connectivity index (χ0) is 17.8. The lowest BCUT2D eigenvalue weighted by atomic mass is 9.99. The van der Waals surface area contributed by atoms with E-state index in [-0.39, 0.29) is 17.0 Å². The van der Waals surface area contributed by atoms with Crippen LogP contribution in [0, 0.1) is 12.8 Å². The number of piperidine rings is 1. The van der Waals surface area contributed by atoms with Crippen LogP contribution in [0.1, 0.15) is 34.3 Å². The van der Waals surface area contributed by atoms with Gasteiger partial charge < -0.3 is 19.2 Å². The molecule has 1 saturated heterocycles. The van der Waals surface area contributed by atoms with Crippen molar-refractivity contribution in [1.29, 1.82) is 0 Å². The Morgan fingerprint density at radius 2 is 2.28 bits per heavy atom. The van der Waals surface area contributed by atoms with Gasteiger partial charge in [-0.2, -0.15) is 0 Å². The van der Waals surface area contributed by atoms with Crippen molar-refractivity contribution >= 4 is 5.91 Å². The van der Waals surface area contributed by atoms with Crippen molar-refractivity contribution in [1.82, 2.24) is 14.8 Å². The van der Waals surface area contributed by atoms with Crippen molar-refractivity contribution in [3.63, 3.8) is 0 Å². The molecule has 1 atom stereocenters. The SMILES string of the molecule is Cc1ccn(CC2CCCNC2)c(=O)c1C(=O)N(C)Cc1ccoc1. The van der Waals surface area contributed by atoms with Gasteiger partial charge in [0.1, 0.15) is 5.56 Å². The van der Waals surface area contributed by atoms with E-state index < -0.39 is 0 Å². The summed E-state index contributed by atoms with van der Waals surface area (Å²) >= 11 is 0. The second kappa shape index (κ2) is 7.70. The molecule has 0 spiro atoms. The fraction of sp³-hybridized carbons (Fsp3) is 0.474. The number of nitrogens with one attached hydrogen (secondary N) is 1. The average molecular weight is 343 g/mol. The predicted molar refractivity (Wildman–Crippen MR) is 95.5 cm³/mol. The quantitative estimate of drug-likeness (QED) is 0.902. The first-order chi connectivity index (χ1) is 12.1. The molecule has 0 bridgehead atoms. The Hall–Kier alpha value is -2.34. The molecule has 3 heterocycles. The lowest BCUT2D eigenvalue weighted by molar-refractivity contribution is 0.0781. The van der Waals surface area contributed by atoms with Crippen LogP contribution in [-0.2, 0) is 13.1 Å². The first kappa shape index (κ1) is 17.5. The van der Waals surface area contributed by atoms with Gasteiger partial charge in [-0.1, -0.05) is 0 Å². The van der Waals surface area contributed by atoms with Gasteiger partial charge in [0, 0.05) is 31.9 Å². The fourth-order valence-corrected chi connectivity index (χ4v) is 3.35. The molecule has 1 unspecified atom stereocenters. The molecule has 1 N–H and O–H groups in total. The number of hydrogen-bond acceptors (Lipinski definition) is 4. The van der Waals surface area contributed by atoms with Crippen LogP contribution < -0.4 is 10.9 Å². The molecule has 2 aromatic rings. The number of furan rings is 1. The van der Waals surface area contributed by atoms with Gasteiger partial charge in [-0.3, -0.25) is 9.59 Å². The maximum Gasteiger partial charge on any atom is 0.263 e. The van der Waals surface area contributed by atoms with Gasteiger partial charge >= 0.3 is 0 Å². The highest BCUT2D eigenvalue weighted by Crippen LogP contribution is 2.14. The van der Waals surface area contributed by atoms with E-state index in [9.17, 15) is 9.59 Å². The third kappa shape index (κ3) is 4.02. The summed E-state index contributed by atoms with van der Waals surface area (Å²) in [7, 11) is 1.70. The van der Waals surface area contributed by atoms with Gasteiger partial charge in [-0.15, -0.1) is 0 Å². The molecule has 0 aliphatic carbocycles. The van der Waals surface area contributed by atoms with Gasteiger partial charge in [0.05, 0.1) is 12.5 Å². The molecular weight excluding hydrogens is 318 g/mol. The number of aromatic nitrogens is 1. The Bertz CT molecular complexity index is 774. The molecule has 1 fully saturated rings. The standard InChI is InChI=1S/C19H25N3O3/c1-14-5-8-22(12-15-4-3-7-20-10-15)19(24)17(14)18(23)21(2)11-16-6-9-25-13-16/h5-6,8-9,13,15,20H,3-4,7,10-12H2,1-2H3. The molecule has 2 aromatic heterocycles. The Morgan fingerprint density at radius 3 is 2.96 bits per heavy atom. The third-order valence-electron chi connectivity index (χ3n) is 4.79. The minimum absolute atomic E-state index is 0.199. The Balaban J connectivity index is 1.81. The van der Waals surface area contributed by atoms with Crippen LogP contribution >= 0.6 is 0 Å². The average Bonchev–Trinajstić information content (AvgIpc) is 3.11. The van der Waals surface area contributed by atoms with Crippen LogP contribution in [-0.4, -0.2) is 35.5 Å². The first-order valence-corrected chi connectivity index (χ1v) is 8.73. The van der Waals surface area contributed by atoms with Crippen LogP contribution in [0.2, 0.25) is 0 Å². The number of amides is 1. The van der Waals surface area contributed by atoms with Crippen molar-refractivity contribution in [2.75, 3.05) is 20.1 Å². The highest BCUT2D eigenvalue weighted by Gasteiger charge is 2.21. The van der Waals surface area contributed by atoms with Crippen LogP contribution in [0.4, 0.5) is 0 Å². The van der Waals surface area contributed by atoms with E-state index in [1.165, 1.54) is 0 Å². The molecule has 6 nitrogen and oxygen atoms in total. The van der Waals surface area contributed by atoms with Crippen LogP contribution in [0.25, 0.3) is 0 Å². The molecule has 0 aromatic carbocycles. The Morgan fingerprint density at radius 1 is 1.44 bits per heavy atom. The highest BCUT2D eigenvalue weighted by molar-refractivity contribution is 5.95. The largest absolute Gasteiger partial charge is 0.472 e. The van der Waals surface area contributed by atoms with Crippen molar-refractivity contribution in [2.45, 2.75) is 32.9 Å². The van der Waals surface area contributed by atoms with E-state index in [2.05, 4.69) is 5.32 Å². The fourth-order valence-electron chi connectivity index (χ4n) is 3.35. The predicted octanol–water partition coefficient (Wildman–Crippen LogP) is 2.02. The normalized spacial score (nSPS) is 17.4. The van der Waals surface area contributed by atoms with Gasteiger partial charge in [0.15, 0.2) is 0 Å². The summed E-state index contributed by atoms with van der Waals surface area (Å²) in [6.45, 7) is 4.84. The molecule has 134 valence electrons. The second-order valence-corrected chi connectivity index (χ2v) is 6.84. The van der Waals surface area contributed by atoms with E-state index in [4.69, 9.17) is 4.42 Å². The summed E-state index contributed by atoms with van der Waals surface area (Å²) in [6.07, 6.45) is 7.23. The number of pyridine rings is 1. The van der Waals surface area contributed by atoms with E-state index in [1.807, 2.05) is 19.1 Å². The molecule has 3 rings (SSSR count). The number of rotatable bonds is 5. The molecule has 6 heteroatoms. The monoisotopic (exact) mass is 343 g/mol. The summed E-state index contributed by atoms with van der Waals surface area (Å²) in [5.41, 5.74) is 1.68. The van der Waals surface area contributed by atoms with Gasteiger partial charge in [-0.05, 0) is 56.5 Å². The lowest BCUT2D eigenvalue weighted by Gasteiger charge is -2.24. The Kier molecular flexibility index (Phi) is 5.38. The number of carbonyl (C=O) groups excluding carboxylic acids is 1. The third-order valence-corrected chi connectivity index (χ3v) is 4.79. The van der Waals surface area contributed by atoms with Gasteiger partial charge in [-0.25, -0.2) is 0 Å². The molecular formula is C19H25N3O3. The molecule has 1 aliphatic heterocycles. The lowest BCUT2D eigenvalue weighted by Crippen LogP contribution is -2.38. The maximum atomic E-state index is 12.9. The molecule has 25 heavy (non-hydrogen) atoms. The second-order valence-electron chi connectivity index (χ2n) is 6.84. The maximum absolute atomic E-state index is 12.9. The molecule has 1 amide bonds. The summed E-state index contributed by atoms with van der Waals surface area (Å²) in [5.74, 6) is 0.181. The zero-order valence-electron chi connectivity index (χ0n) is 14.8. The summed E-state index contributed by atoms with van der Waals surface area (Å²) < 4.78 is 6.73. The van der Waals surface area contributed by atoms with Crippen molar-refractivity contribution in [3.8, 4) is 0 Å². The highest BCUT2D eigenvalue weighted by atomic mass is 16.3. The van der Waals surface area contributed by atoms with Gasteiger partial charge in [0.25, 0.3) is 11.5 Å². The number of aryl methyl sites for hydroxylation is 1. The zero-order valence-corrected chi connectivity index (χ0v) is 14.8. The smallest absolute Gasteiger partial charge is 0.263 e. The van der Waals surface area contributed by atoms with E-state index in [0.29, 0.717) is 24.6 Å². The summed E-state index contributed by atoms with van der Waals surface area (Å²) in [5, 5.41) is 3.37. The number of hydrogen-bond donors (Lipinski definition) is 1.